The summed E-state index contributed by atoms with van der Waals surface area (Å²) in [5.41, 5.74) is 0.480. The van der Waals surface area contributed by atoms with Crippen LogP contribution in [0.15, 0.2) is 29.2 Å². The number of hydrogen-bond acceptors (Lipinski definition) is 3. The number of hydrogen-bond donors (Lipinski definition) is 1. The molecule has 1 rings (SSSR count). The molecule has 0 saturated carbocycles. The maximum Gasteiger partial charge on any atom is 0.238 e. The lowest BCUT2D eigenvalue weighted by Crippen LogP contribution is -2.27. The summed E-state index contributed by atoms with van der Waals surface area (Å²) in [5, 5.41) is 2.69. The molecule has 0 aromatic heterocycles. The van der Waals surface area contributed by atoms with Gasteiger partial charge in [-0.25, -0.2) is 8.42 Å². The minimum absolute atomic E-state index is 0.156. The third-order valence-corrected chi connectivity index (χ3v) is 4.95. The Morgan fingerprint density at radius 3 is 2.44 bits per heavy atom. The van der Waals surface area contributed by atoms with Gasteiger partial charge in [0.15, 0.2) is 9.84 Å². The smallest absolute Gasteiger partial charge is 0.238 e. The van der Waals surface area contributed by atoms with Gasteiger partial charge in [-0.2, -0.15) is 0 Å². The number of alkyl halides is 1. The van der Waals surface area contributed by atoms with Crippen molar-refractivity contribution in [3.05, 3.63) is 24.3 Å². The molecule has 0 spiro atoms. The predicted molar refractivity (Wildman–Crippen MR) is 75.7 cm³/mol. The van der Waals surface area contributed by atoms with Gasteiger partial charge in [0.1, 0.15) is 0 Å². The molecule has 100 valence electrons. The van der Waals surface area contributed by atoms with Gasteiger partial charge in [-0.15, -0.1) is 0 Å². The van der Waals surface area contributed by atoms with Gasteiger partial charge in [0.2, 0.25) is 5.91 Å². The van der Waals surface area contributed by atoms with Crippen molar-refractivity contribution in [3.8, 4) is 0 Å². The van der Waals surface area contributed by atoms with Gasteiger partial charge in [0.05, 0.1) is 9.72 Å². The van der Waals surface area contributed by atoms with E-state index in [2.05, 4.69) is 21.2 Å². The minimum atomic E-state index is -3.26. The number of carbonyl (C=O) groups excluding carboxylic acids is 1. The first-order valence-corrected chi connectivity index (χ1v) is 8.27. The lowest BCUT2D eigenvalue weighted by Gasteiger charge is -2.14. The molecule has 0 bridgehead atoms. The number of sulfone groups is 1. The summed E-state index contributed by atoms with van der Waals surface area (Å²) in [6, 6.07) is 6.21. The first-order chi connectivity index (χ1) is 8.21. The van der Waals surface area contributed by atoms with E-state index >= 15 is 0 Å². The van der Waals surface area contributed by atoms with Crippen LogP contribution in [0.4, 0.5) is 5.69 Å². The average molecular weight is 334 g/mol. The molecule has 0 heterocycles. The van der Waals surface area contributed by atoms with Gasteiger partial charge < -0.3 is 5.32 Å². The van der Waals surface area contributed by atoms with E-state index in [1.807, 2.05) is 13.8 Å². The molecule has 1 N–H and O–H groups in total. The van der Waals surface area contributed by atoms with Crippen molar-refractivity contribution >= 4 is 37.4 Å². The van der Waals surface area contributed by atoms with Crippen LogP contribution in [0.1, 0.15) is 13.8 Å². The van der Waals surface area contributed by atoms with Crippen LogP contribution in [0, 0.1) is 5.92 Å². The maximum absolute atomic E-state index is 11.8. The van der Waals surface area contributed by atoms with Crippen LogP contribution < -0.4 is 5.32 Å². The molecular weight excluding hydrogens is 318 g/mol. The number of carbonyl (C=O) groups is 1. The summed E-state index contributed by atoms with van der Waals surface area (Å²) in [7, 11) is -3.26. The maximum atomic E-state index is 11.8. The first-order valence-electron chi connectivity index (χ1n) is 5.47. The molecule has 1 aromatic rings. The largest absolute Gasteiger partial charge is 0.325 e. The molecule has 1 aromatic carbocycles. The van der Waals surface area contributed by atoms with Crippen LogP contribution >= 0.6 is 15.9 Å². The van der Waals surface area contributed by atoms with Crippen molar-refractivity contribution < 1.29 is 13.2 Å². The standard InChI is InChI=1S/C12H16BrNO3S/c1-8(2)11(13)12(15)14-9-5-4-6-10(7-9)18(3,16)17/h4-8,11H,1-3H3,(H,14,15). The summed E-state index contributed by atoms with van der Waals surface area (Å²) < 4.78 is 22.8. The highest BCUT2D eigenvalue weighted by Gasteiger charge is 2.19. The fourth-order valence-corrected chi connectivity index (χ4v) is 2.10. The van der Waals surface area contributed by atoms with Gasteiger partial charge >= 0.3 is 0 Å². The zero-order valence-electron chi connectivity index (χ0n) is 10.5. The molecule has 0 aliphatic carbocycles. The van der Waals surface area contributed by atoms with E-state index in [1.165, 1.54) is 12.1 Å². The average Bonchev–Trinajstić information content (AvgIpc) is 2.27. The number of rotatable bonds is 4. The number of nitrogens with one attached hydrogen (secondary N) is 1. The lowest BCUT2D eigenvalue weighted by molar-refractivity contribution is -0.116. The van der Waals surface area contributed by atoms with E-state index in [4.69, 9.17) is 0 Å². The molecule has 0 radical (unpaired) electrons. The summed E-state index contributed by atoms with van der Waals surface area (Å²) >= 11 is 3.29. The molecule has 18 heavy (non-hydrogen) atoms. The Labute approximate surface area is 116 Å². The number of anilines is 1. The van der Waals surface area contributed by atoms with Gasteiger partial charge in [-0.3, -0.25) is 4.79 Å². The van der Waals surface area contributed by atoms with Crippen LogP contribution in [0.2, 0.25) is 0 Å². The van der Waals surface area contributed by atoms with E-state index < -0.39 is 9.84 Å². The Balaban J connectivity index is 2.90. The van der Waals surface area contributed by atoms with Gasteiger partial charge in [0.25, 0.3) is 0 Å². The third-order valence-electron chi connectivity index (χ3n) is 2.37. The van der Waals surface area contributed by atoms with Crippen LogP contribution in [0.5, 0.6) is 0 Å². The lowest BCUT2D eigenvalue weighted by atomic mass is 10.1. The number of benzene rings is 1. The van der Waals surface area contributed by atoms with Gasteiger partial charge in [-0.1, -0.05) is 35.8 Å². The van der Waals surface area contributed by atoms with Crippen LogP contribution in [-0.2, 0) is 14.6 Å². The fourth-order valence-electron chi connectivity index (χ4n) is 1.32. The molecule has 1 unspecified atom stereocenters. The van der Waals surface area contributed by atoms with Gasteiger partial charge in [0, 0.05) is 11.9 Å². The molecule has 1 amide bonds. The Hall–Kier alpha value is -0.880. The van der Waals surface area contributed by atoms with Crippen molar-refractivity contribution in [2.24, 2.45) is 5.92 Å². The quantitative estimate of drug-likeness (QED) is 0.861. The first kappa shape index (κ1) is 15.2. The molecule has 1 atom stereocenters. The monoisotopic (exact) mass is 333 g/mol. The van der Waals surface area contributed by atoms with Crippen molar-refractivity contribution in [3.63, 3.8) is 0 Å². The van der Waals surface area contributed by atoms with Crippen molar-refractivity contribution in [2.45, 2.75) is 23.6 Å². The summed E-state index contributed by atoms with van der Waals surface area (Å²) in [6.07, 6.45) is 1.13. The molecule has 0 aliphatic rings. The number of halogens is 1. The second-order valence-corrected chi connectivity index (χ2v) is 7.44. The Morgan fingerprint density at radius 1 is 1.33 bits per heavy atom. The third kappa shape index (κ3) is 4.10. The highest BCUT2D eigenvalue weighted by Crippen LogP contribution is 2.18. The summed E-state index contributed by atoms with van der Waals surface area (Å²) in [5.74, 6) is -0.0289. The van der Waals surface area contributed by atoms with Crippen LogP contribution in [-0.4, -0.2) is 25.4 Å². The van der Waals surface area contributed by atoms with Crippen LogP contribution in [0.25, 0.3) is 0 Å². The van der Waals surface area contributed by atoms with E-state index in [0.717, 1.165) is 6.26 Å². The van der Waals surface area contributed by atoms with Crippen molar-refractivity contribution in [2.75, 3.05) is 11.6 Å². The van der Waals surface area contributed by atoms with Crippen LogP contribution in [0.3, 0.4) is 0 Å². The number of amides is 1. The SMILES string of the molecule is CC(C)C(Br)C(=O)Nc1cccc(S(C)(=O)=O)c1. The highest BCUT2D eigenvalue weighted by molar-refractivity contribution is 9.10. The highest BCUT2D eigenvalue weighted by atomic mass is 79.9. The summed E-state index contributed by atoms with van der Waals surface area (Å²) in [4.78, 5) is 11.7. The van der Waals surface area contributed by atoms with Crippen molar-refractivity contribution in [1.82, 2.24) is 0 Å². The normalized spacial score (nSPS) is 13.4. The Kier molecular flexibility index (Phi) is 4.92. The molecular formula is C12H16BrNO3S. The molecule has 6 heteroatoms. The predicted octanol–water partition coefficient (Wildman–Crippen LogP) is 2.45. The summed E-state index contributed by atoms with van der Waals surface area (Å²) in [6.45, 7) is 3.85. The zero-order chi connectivity index (χ0) is 13.9. The molecule has 0 fully saturated rings. The molecule has 0 aliphatic heterocycles. The van der Waals surface area contributed by atoms with E-state index in [-0.39, 0.29) is 21.5 Å². The zero-order valence-corrected chi connectivity index (χ0v) is 12.9. The molecule has 0 saturated heterocycles. The fraction of sp³-hybridized carbons (Fsp3) is 0.417. The van der Waals surface area contributed by atoms with E-state index in [0.29, 0.717) is 5.69 Å². The van der Waals surface area contributed by atoms with Crippen molar-refractivity contribution in [1.29, 1.82) is 0 Å². The minimum Gasteiger partial charge on any atom is -0.325 e. The Morgan fingerprint density at radius 2 is 1.94 bits per heavy atom. The second kappa shape index (κ2) is 5.84. The topological polar surface area (TPSA) is 63.2 Å². The second-order valence-electron chi connectivity index (χ2n) is 4.44. The van der Waals surface area contributed by atoms with E-state index in [9.17, 15) is 13.2 Å². The van der Waals surface area contributed by atoms with Gasteiger partial charge in [-0.05, 0) is 24.1 Å². The molecule has 4 nitrogen and oxygen atoms in total. The Bertz CT molecular complexity index is 540. The van der Waals surface area contributed by atoms with E-state index in [1.54, 1.807) is 12.1 Å².